The molecular weight excluding hydrogens is 290 g/mol. The second kappa shape index (κ2) is 7.18. The topological polar surface area (TPSA) is 49.8 Å². The summed E-state index contributed by atoms with van der Waals surface area (Å²) in [4.78, 5) is 13.7. The molecular formula is C19H23NO3. The molecule has 4 heteroatoms. The van der Waals surface area contributed by atoms with E-state index in [2.05, 4.69) is 0 Å². The van der Waals surface area contributed by atoms with Gasteiger partial charge in [-0.05, 0) is 48.2 Å². The first-order valence-electron chi connectivity index (χ1n) is 7.56. The summed E-state index contributed by atoms with van der Waals surface area (Å²) in [5.74, 6) is -0.607. The molecule has 1 unspecified atom stereocenters. The van der Waals surface area contributed by atoms with Gasteiger partial charge < -0.3 is 14.7 Å². The third-order valence-electron chi connectivity index (χ3n) is 4.01. The summed E-state index contributed by atoms with van der Waals surface area (Å²) in [5.41, 5.74) is 3.85. The van der Waals surface area contributed by atoms with Gasteiger partial charge >= 0.3 is 5.97 Å². The number of carbonyl (C=O) groups is 1. The fourth-order valence-corrected chi connectivity index (χ4v) is 2.63. The third-order valence-corrected chi connectivity index (χ3v) is 4.01. The summed E-state index contributed by atoms with van der Waals surface area (Å²) >= 11 is 0. The molecule has 4 nitrogen and oxygen atoms in total. The minimum absolute atomic E-state index is 0.467. The van der Waals surface area contributed by atoms with Crippen LogP contribution in [0.2, 0.25) is 0 Å². The van der Waals surface area contributed by atoms with Gasteiger partial charge in [-0.25, -0.2) is 0 Å². The van der Waals surface area contributed by atoms with Crippen molar-refractivity contribution >= 4 is 11.7 Å². The smallest absolute Gasteiger partial charge is 0.311 e. The maximum Gasteiger partial charge on any atom is 0.311 e. The fraction of sp³-hybridized carbons (Fsp3) is 0.316. The molecule has 0 fully saturated rings. The molecule has 122 valence electrons. The number of aryl methyl sites for hydroxylation is 1. The Labute approximate surface area is 137 Å². The van der Waals surface area contributed by atoms with E-state index in [1.54, 1.807) is 7.11 Å². The summed E-state index contributed by atoms with van der Waals surface area (Å²) in [6.07, 6.45) is 0.467. The lowest BCUT2D eigenvalue weighted by Crippen LogP contribution is -2.15. The number of carboxylic acids is 1. The van der Waals surface area contributed by atoms with E-state index in [1.165, 1.54) is 0 Å². The van der Waals surface area contributed by atoms with Crippen molar-refractivity contribution < 1.29 is 14.6 Å². The van der Waals surface area contributed by atoms with Crippen molar-refractivity contribution in [3.05, 3.63) is 59.2 Å². The quantitative estimate of drug-likeness (QED) is 0.887. The molecule has 0 radical (unpaired) electrons. The van der Waals surface area contributed by atoms with Crippen molar-refractivity contribution in [3.8, 4) is 5.75 Å². The van der Waals surface area contributed by atoms with Crippen LogP contribution in [-0.4, -0.2) is 32.3 Å². The van der Waals surface area contributed by atoms with Crippen molar-refractivity contribution in [2.45, 2.75) is 19.3 Å². The van der Waals surface area contributed by atoms with Crippen molar-refractivity contribution in [1.82, 2.24) is 0 Å². The average molecular weight is 313 g/mol. The molecule has 1 N–H and O–H groups in total. The van der Waals surface area contributed by atoms with Gasteiger partial charge in [-0.15, -0.1) is 0 Å². The van der Waals surface area contributed by atoms with Crippen LogP contribution < -0.4 is 9.64 Å². The van der Waals surface area contributed by atoms with Crippen molar-refractivity contribution in [2.24, 2.45) is 0 Å². The Morgan fingerprint density at radius 3 is 2.30 bits per heavy atom. The number of hydrogen-bond acceptors (Lipinski definition) is 3. The molecule has 0 saturated carbocycles. The molecule has 0 amide bonds. The Morgan fingerprint density at radius 2 is 1.83 bits per heavy atom. The van der Waals surface area contributed by atoms with Crippen LogP contribution in [0.4, 0.5) is 5.69 Å². The highest BCUT2D eigenvalue weighted by Gasteiger charge is 2.21. The molecule has 2 rings (SSSR count). The Kier molecular flexibility index (Phi) is 5.27. The molecule has 0 aliphatic rings. The van der Waals surface area contributed by atoms with Crippen molar-refractivity contribution in [1.29, 1.82) is 0 Å². The highest BCUT2D eigenvalue weighted by molar-refractivity contribution is 5.76. The fourth-order valence-electron chi connectivity index (χ4n) is 2.63. The molecule has 0 heterocycles. The highest BCUT2D eigenvalue weighted by atomic mass is 16.5. The summed E-state index contributed by atoms with van der Waals surface area (Å²) in [5, 5.41) is 9.61. The lowest BCUT2D eigenvalue weighted by molar-refractivity contribution is -0.138. The molecule has 2 aromatic carbocycles. The molecule has 0 aromatic heterocycles. The number of benzene rings is 2. The van der Waals surface area contributed by atoms with Gasteiger partial charge in [0.15, 0.2) is 0 Å². The second-order valence-corrected chi connectivity index (χ2v) is 5.88. The van der Waals surface area contributed by atoms with Gasteiger partial charge in [0.25, 0.3) is 0 Å². The van der Waals surface area contributed by atoms with Crippen molar-refractivity contribution in [3.63, 3.8) is 0 Å². The first-order valence-corrected chi connectivity index (χ1v) is 7.56. The molecule has 1 atom stereocenters. The first-order chi connectivity index (χ1) is 10.9. The van der Waals surface area contributed by atoms with Crippen molar-refractivity contribution in [2.75, 3.05) is 26.1 Å². The molecule has 0 spiro atoms. The number of aliphatic carboxylic acids is 1. The van der Waals surface area contributed by atoms with Gasteiger partial charge in [0.05, 0.1) is 13.0 Å². The lowest BCUT2D eigenvalue weighted by Gasteiger charge is -2.16. The van der Waals surface area contributed by atoms with Gasteiger partial charge in [0.2, 0.25) is 0 Å². The number of nitrogens with zero attached hydrogens (tertiary/aromatic N) is 1. The number of rotatable bonds is 6. The second-order valence-electron chi connectivity index (χ2n) is 5.88. The monoisotopic (exact) mass is 313 g/mol. The van der Waals surface area contributed by atoms with E-state index in [4.69, 9.17) is 4.74 Å². The van der Waals surface area contributed by atoms with Crippen LogP contribution >= 0.6 is 0 Å². The summed E-state index contributed by atoms with van der Waals surface area (Å²) < 4.78 is 5.24. The van der Waals surface area contributed by atoms with Gasteiger partial charge in [-0.3, -0.25) is 4.79 Å². The molecule has 0 aliphatic carbocycles. The number of hydrogen-bond donors (Lipinski definition) is 1. The van der Waals surface area contributed by atoms with Crippen LogP contribution in [-0.2, 0) is 11.2 Å². The molecule has 23 heavy (non-hydrogen) atoms. The van der Waals surface area contributed by atoms with E-state index in [9.17, 15) is 9.90 Å². The maximum atomic E-state index is 11.7. The molecule has 0 saturated heterocycles. The predicted octanol–water partition coefficient (Wildman–Crippen LogP) is 3.48. The van der Waals surface area contributed by atoms with Gasteiger partial charge in [0, 0.05) is 19.8 Å². The Morgan fingerprint density at radius 1 is 1.17 bits per heavy atom. The zero-order chi connectivity index (χ0) is 17.0. The van der Waals surface area contributed by atoms with E-state index in [1.807, 2.05) is 68.4 Å². The summed E-state index contributed by atoms with van der Waals surface area (Å²) in [7, 11) is 5.58. The predicted molar refractivity (Wildman–Crippen MR) is 92.6 cm³/mol. The minimum atomic E-state index is -0.814. The standard InChI is InChI=1S/C19H23NO3/c1-13-11-15(7-10-18(13)23-4)17(19(21)22)12-14-5-8-16(9-6-14)20(2)3/h5-11,17H,12H2,1-4H3,(H,21,22). The third kappa shape index (κ3) is 4.03. The molecule has 0 bridgehead atoms. The van der Waals surface area contributed by atoms with E-state index < -0.39 is 11.9 Å². The number of carboxylic acid groups (broad SMARTS) is 1. The zero-order valence-corrected chi connectivity index (χ0v) is 14.0. The first kappa shape index (κ1) is 16.9. The van der Waals surface area contributed by atoms with Gasteiger partial charge in [-0.1, -0.05) is 24.3 Å². The van der Waals surface area contributed by atoms with E-state index in [0.29, 0.717) is 6.42 Å². The normalized spacial score (nSPS) is 11.8. The maximum absolute atomic E-state index is 11.7. The molecule has 0 aliphatic heterocycles. The molecule has 2 aromatic rings. The van der Waals surface area contributed by atoms with Crippen LogP contribution in [0.1, 0.15) is 22.6 Å². The Balaban J connectivity index is 2.25. The minimum Gasteiger partial charge on any atom is -0.496 e. The lowest BCUT2D eigenvalue weighted by atomic mass is 9.91. The summed E-state index contributed by atoms with van der Waals surface area (Å²) in [6.45, 7) is 1.92. The van der Waals surface area contributed by atoms with E-state index in [0.717, 1.165) is 28.1 Å². The Hall–Kier alpha value is -2.49. The number of methoxy groups -OCH3 is 1. The SMILES string of the molecule is COc1ccc(C(Cc2ccc(N(C)C)cc2)C(=O)O)cc1C. The van der Waals surface area contributed by atoms with Crippen LogP contribution in [0.25, 0.3) is 0 Å². The number of ether oxygens (including phenoxy) is 1. The van der Waals surface area contributed by atoms with Crippen LogP contribution in [0.5, 0.6) is 5.75 Å². The highest BCUT2D eigenvalue weighted by Crippen LogP contribution is 2.27. The zero-order valence-electron chi connectivity index (χ0n) is 14.0. The van der Waals surface area contributed by atoms with E-state index in [-0.39, 0.29) is 0 Å². The van der Waals surface area contributed by atoms with Crippen LogP contribution in [0, 0.1) is 6.92 Å². The van der Waals surface area contributed by atoms with E-state index >= 15 is 0 Å². The number of anilines is 1. The summed E-state index contributed by atoms with van der Waals surface area (Å²) in [6, 6.07) is 13.5. The average Bonchev–Trinajstić information content (AvgIpc) is 2.52. The Bertz CT molecular complexity index is 678. The van der Waals surface area contributed by atoms with Gasteiger partial charge in [0.1, 0.15) is 5.75 Å². The largest absolute Gasteiger partial charge is 0.496 e. The van der Waals surface area contributed by atoms with Crippen LogP contribution in [0.15, 0.2) is 42.5 Å². The van der Waals surface area contributed by atoms with Crippen LogP contribution in [0.3, 0.4) is 0 Å². The van der Waals surface area contributed by atoms with Gasteiger partial charge in [-0.2, -0.15) is 0 Å².